The molecule has 0 aromatic heterocycles. The Labute approximate surface area is 93.9 Å². The van der Waals surface area contributed by atoms with Gasteiger partial charge in [0, 0.05) is 6.61 Å². The van der Waals surface area contributed by atoms with Gasteiger partial charge in [-0.15, -0.1) is 0 Å². The van der Waals surface area contributed by atoms with Gasteiger partial charge in [0.05, 0.1) is 0 Å². The monoisotopic (exact) mass is 259 g/mol. The summed E-state index contributed by atoms with van der Waals surface area (Å²) in [7, 11) is -4.67. The highest BCUT2D eigenvalue weighted by molar-refractivity contribution is 7.79. The number of aliphatic hydroxyl groups excluding tert-OH is 1. The van der Waals surface area contributed by atoms with Crippen LogP contribution < -0.4 is 5.32 Å². The Morgan fingerprint density at radius 3 is 2.06 bits per heavy atom. The van der Waals surface area contributed by atoms with Crippen molar-refractivity contribution in [3.63, 3.8) is 0 Å². The molecular formula is C7H17NO7S. The van der Waals surface area contributed by atoms with Gasteiger partial charge in [0.15, 0.2) is 0 Å². The molecule has 8 nitrogen and oxygen atoms in total. The number of nitrogens with one attached hydrogen (secondary N) is 1. The van der Waals surface area contributed by atoms with E-state index in [9.17, 15) is 4.79 Å². The lowest BCUT2D eigenvalue weighted by atomic mass is 10.2. The van der Waals surface area contributed by atoms with E-state index in [2.05, 4.69) is 5.32 Å². The minimum Gasteiger partial charge on any atom is -0.480 e. The SMILES string of the molecule is CCCN[C@@H](CCO)C(=O)O.O=S(=O)(O)O. The van der Waals surface area contributed by atoms with E-state index < -0.39 is 22.4 Å². The number of aliphatic carboxylic acids is 1. The van der Waals surface area contributed by atoms with Crippen LogP contribution >= 0.6 is 0 Å². The van der Waals surface area contributed by atoms with Gasteiger partial charge in [-0.25, -0.2) is 0 Å². The molecule has 0 bridgehead atoms. The van der Waals surface area contributed by atoms with E-state index in [0.717, 1.165) is 6.42 Å². The van der Waals surface area contributed by atoms with Crippen molar-refractivity contribution in [2.75, 3.05) is 13.2 Å². The maximum Gasteiger partial charge on any atom is 0.394 e. The molecule has 9 heteroatoms. The van der Waals surface area contributed by atoms with Crippen LogP contribution in [0.2, 0.25) is 0 Å². The van der Waals surface area contributed by atoms with Gasteiger partial charge >= 0.3 is 16.4 Å². The predicted molar refractivity (Wildman–Crippen MR) is 55.6 cm³/mol. The van der Waals surface area contributed by atoms with Crippen molar-refractivity contribution in [3.8, 4) is 0 Å². The Kier molecular flexibility index (Phi) is 10.5. The van der Waals surface area contributed by atoms with Crippen molar-refractivity contribution in [1.29, 1.82) is 0 Å². The van der Waals surface area contributed by atoms with Crippen LogP contribution in [0.1, 0.15) is 19.8 Å². The number of carbonyl (C=O) groups is 1. The fourth-order valence-electron chi connectivity index (χ4n) is 0.761. The molecule has 0 rings (SSSR count). The molecule has 0 aliphatic rings. The molecule has 0 fully saturated rings. The Morgan fingerprint density at radius 2 is 1.81 bits per heavy atom. The highest BCUT2D eigenvalue weighted by Crippen LogP contribution is 1.90. The van der Waals surface area contributed by atoms with Gasteiger partial charge in [0.1, 0.15) is 6.04 Å². The lowest BCUT2D eigenvalue weighted by Gasteiger charge is -2.11. The van der Waals surface area contributed by atoms with Gasteiger partial charge in [0.2, 0.25) is 0 Å². The van der Waals surface area contributed by atoms with Gasteiger partial charge in [0.25, 0.3) is 0 Å². The average Bonchev–Trinajstić information content (AvgIpc) is 2.09. The summed E-state index contributed by atoms with van der Waals surface area (Å²) in [6.07, 6.45) is 1.17. The van der Waals surface area contributed by atoms with Crippen molar-refractivity contribution >= 4 is 16.4 Å². The van der Waals surface area contributed by atoms with E-state index in [0.29, 0.717) is 6.54 Å². The summed E-state index contributed by atoms with van der Waals surface area (Å²) in [6, 6.07) is -0.597. The first-order valence-electron chi connectivity index (χ1n) is 4.49. The van der Waals surface area contributed by atoms with E-state index in [1.165, 1.54) is 0 Å². The van der Waals surface area contributed by atoms with E-state index in [-0.39, 0.29) is 13.0 Å². The second kappa shape index (κ2) is 9.48. The summed E-state index contributed by atoms with van der Waals surface area (Å²) < 4.78 is 31.6. The summed E-state index contributed by atoms with van der Waals surface area (Å²) >= 11 is 0. The fraction of sp³-hybridized carbons (Fsp3) is 0.857. The third-order valence-electron chi connectivity index (χ3n) is 1.36. The maximum atomic E-state index is 10.4. The number of rotatable bonds is 6. The lowest BCUT2D eigenvalue weighted by molar-refractivity contribution is -0.139. The molecule has 0 radical (unpaired) electrons. The van der Waals surface area contributed by atoms with Crippen molar-refractivity contribution in [3.05, 3.63) is 0 Å². The van der Waals surface area contributed by atoms with Gasteiger partial charge < -0.3 is 15.5 Å². The van der Waals surface area contributed by atoms with Crippen LogP contribution in [-0.2, 0) is 15.2 Å². The van der Waals surface area contributed by atoms with Gasteiger partial charge in [-0.1, -0.05) is 6.92 Å². The van der Waals surface area contributed by atoms with Crippen molar-refractivity contribution in [1.82, 2.24) is 5.32 Å². The molecule has 98 valence electrons. The summed E-state index contributed by atoms with van der Waals surface area (Å²) in [5.41, 5.74) is 0. The molecule has 16 heavy (non-hydrogen) atoms. The molecule has 0 heterocycles. The number of hydrogen-bond donors (Lipinski definition) is 5. The zero-order chi connectivity index (χ0) is 13.2. The standard InChI is InChI=1S/C7H15NO3.H2O4S/c1-2-4-8-6(3-5-9)7(10)11;1-5(2,3)4/h6,8-9H,2-5H2,1H3,(H,10,11);(H2,1,2,3,4)/t6-;/m0./s1. The third-order valence-corrected chi connectivity index (χ3v) is 1.36. The van der Waals surface area contributed by atoms with Crippen LogP contribution in [0.15, 0.2) is 0 Å². The summed E-state index contributed by atoms with van der Waals surface area (Å²) in [5, 5.41) is 19.8. The number of hydrogen-bond acceptors (Lipinski definition) is 5. The normalized spacial score (nSPS) is 12.5. The molecule has 0 unspecified atom stereocenters. The van der Waals surface area contributed by atoms with Gasteiger partial charge in [-0.05, 0) is 19.4 Å². The maximum absolute atomic E-state index is 10.4. The highest BCUT2D eigenvalue weighted by atomic mass is 32.3. The number of carboxylic acids is 1. The van der Waals surface area contributed by atoms with E-state index >= 15 is 0 Å². The molecular weight excluding hydrogens is 242 g/mol. The summed E-state index contributed by atoms with van der Waals surface area (Å²) in [4.78, 5) is 10.4. The second-order valence-electron chi connectivity index (χ2n) is 2.81. The van der Waals surface area contributed by atoms with Crippen LogP contribution in [0.5, 0.6) is 0 Å². The number of carboxylic acid groups (broad SMARTS) is 1. The van der Waals surface area contributed by atoms with E-state index in [1.807, 2.05) is 6.92 Å². The molecule has 0 aromatic rings. The van der Waals surface area contributed by atoms with Crippen molar-refractivity contribution < 1.29 is 32.5 Å². The Balaban J connectivity index is 0. The first kappa shape index (κ1) is 17.6. The second-order valence-corrected chi connectivity index (χ2v) is 3.70. The minimum atomic E-state index is -4.67. The summed E-state index contributed by atoms with van der Waals surface area (Å²) in [6.45, 7) is 2.55. The molecule has 0 saturated heterocycles. The molecule has 0 saturated carbocycles. The number of aliphatic hydroxyl groups is 1. The molecule has 0 aromatic carbocycles. The lowest BCUT2D eigenvalue weighted by Crippen LogP contribution is -2.37. The first-order valence-corrected chi connectivity index (χ1v) is 5.89. The fourth-order valence-corrected chi connectivity index (χ4v) is 0.761. The first-order chi connectivity index (χ1) is 7.22. The van der Waals surface area contributed by atoms with Gasteiger partial charge in [-0.3, -0.25) is 13.9 Å². The van der Waals surface area contributed by atoms with Gasteiger partial charge in [-0.2, -0.15) is 8.42 Å². The third kappa shape index (κ3) is 18.9. The Hall–Kier alpha value is -0.740. The van der Waals surface area contributed by atoms with Crippen LogP contribution in [0.4, 0.5) is 0 Å². The molecule has 0 aliphatic carbocycles. The minimum absolute atomic E-state index is 0.0896. The van der Waals surface area contributed by atoms with Crippen molar-refractivity contribution in [2.45, 2.75) is 25.8 Å². The molecule has 0 aliphatic heterocycles. The summed E-state index contributed by atoms with van der Waals surface area (Å²) in [5.74, 6) is -0.896. The largest absolute Gasteiger partial charge is 0.480 e. The van der Waals surface area contributed by atoms with E-state index in [4.69, 9.17) is 27.7 Å². The molecule has 1 atom stereocenters. The highest BCUT2D eigenvalue weighted by Gasteiger charge is 2.14. The Bertz CT molecular complexity index is 268. The topological polar surface area (TPSA) is 144 Å². The average molecular weight is 259 g/mol. The van der Waals surface area contributed by atoms with Crippen LogP contribution in [0.3, 0.4) is 0 Å². The molecule has 0 amide bonds. The van der Waals surface area contributed by atoms with Crippen molar-refractivity contribution in [2.24, 2.45) is 0 Å². The Morgan fingerprint density at radius 1 is 1.38 bits per heavy atom. The zero-order valence-corrected chi connectivity index (χ0v) is 9.64. The van der Waals surface area contributed by atoms with Crippen LogP contribution in [-0.4, -0.2) is 52.9 Å². The molecule has 0 spiro atoms. The quantitative estimate of drug-likeness (QED) is 0.389. The zero-order valence-electron chi connectivity index (χ0n) is 8.83. The van der Waals surface area contributed by atoms with Crippen LogP contribution in [0.25, 0.3) is 0 Å². The predicted octanol–water partition coefficient (Wildman–Crippen LogP) is -0.831. The molecule has 5 N–H and O–H groups in total. The van der Waals surface area contributed by atoms with E-state index in [1.54, 1.807) is 0 Å². The van der Waals surface area contributed by atoms with Crippen LogP contribution in [0, 0.1) is 0 Å². The smallest absolute Gasteiger partial charge is 0.394 e.